The predicted molar refractivity (Wildman–Crippen MR) is 85.9 cm³/mol. The van der Waals surface area contributed by atoms with Gasteiger partial charge in [-0.05, 0) is 28.8 Å². The molecule has 0 aliphatic rings. The molecule has 0 amide bonds. The number of aliphatic hydroxyl groups is 1. The van der Waals surface area contributed by atoms with Gasteiger partial charge < -0.3 is 5.11 Å². The second kappa shape index (κ2) is 6.89. The molecule has 5 heteroatoms. The van der Waals surface area contributed by atoms with Crippen molar-refractivity contribution in [3.63, 3.8) is 0 Å². The summed E-state index contributed by atoms with van der Waals surface area (Å²) in [7, 11) is 0. The van der Waals surface area contributed by atoms with Crippen molar-refractivity contribution in [2.75, 3.05) is 6.61 Å². The van der Waals surface area contributed by atoms with E-state index in [1.165, 1.54) is 12.4 Å². The van der Waals surface area contributed by atoms with Gasteiger partial charge in [0, 0.05) is 31.2 Å². The van der Waals surface area contributed by atoms with Crippen LogP contribution in [0.15, 0.2) is 61.2 Å². The Morgan fingerprint density at radius 1 is 1.00 bits per heavy atom. The average molecular weight is 305 g/mol. The van der Waals surface area contributed by atoms with E-state index in [2.05, 4.69) is 21.0 Å². The molecule has 0 aliphatic heterocycles. The largest absolute Gasteiger partial charge is 0.388 e. The summed E-state index contributed by atoms with van der Waals surface area (Å²) in [5.74, 6) is 0.252. The van der Waals surface area contributed by atoms with Crippen LogP contribution in [0.2, 0.25) is 0 Å². The molecule has 5 nitrogen and oxygen atoms in total. The molecule has 1 N–H and O–H groups in total. The molecule has 0 fully saturated rings. The maximum atomic E-state index is 11.3. The Morgan fingerprint density at radius 2 is 1.74 bits per heavy atom. The van der Waals surface area contributed by atoms with Crippen molar-refractivity contribution < 1.29 is 9.90 Å². The van der Waals surface area contributed by atoms with Gasteiger partial charge in [-0.2, -0.15) is 0 Å². The second-order valence-electron chi connectivity index (χ2n) is 5.08. The third kappa shape index (κ3) is 3.64. The Balaban J connectivity index is 1.79. The van der Waals surface area contributed by atoms with Gasteiger partial charge >= 0.3 is 0 Å². The van der Waals surface area contributed by atoms with Crippen LogP contribution in [0, 0.1) is 0 Å². The molecule has 0 atom stereocenters. The Labute approximate surface area is 133 Å². The number of benzene rings is 1. The third-order valence-corrected chi connectivity index (χ3v) is 3.47. The molecular formula is C18H15N3O2. The second-order valence-corrected chi connectivity index (χ2v) is 5.08. The highest BCUT2D eigenvalue weighted by Crippen LogP contribution is 2.20. The molecule has 0 saturated carbocycles. The molecular weight excluding hydrogens is 290 g/mol. The van der Waals surface area contributed by atoms with Crippen molar-refractivity contribution >= 4 is 5.78 Å². The Hall–Kier alpha value is -2.92. The minimum Gasteiger partial charge on any atom is -0.388 e. The van der Waals surface area contributed by atoms with Gasteiger partial charge in [-0.25, -0.2) is 9.97 Å². The summed E-state index contributed by atoms with van der Waals surface area (Å²) in [5.41, 5.74) is 3.62. The van der Waals surface area contributed by atoms with Gasteiger partial charge in [-0.15, -0.1) is 0 Å². The topological polar surface area (TPSA) is 76.0 Å². The maximum absolute atomic E-state index is 11.3. The number of nitrogens with zero attached hydrogens (tertiary/aromatic N) is 3. The first-order chi connectivity index (χ1) is 11.3. The molecule has 0 bridgehead atoms. The van der Waals surface area contributed by atoms with Crippen molar-refractivity contribution in [2.45, 2.75) is 6.42 Å². The predicted octanol–water partition coefficient (Wildman–Crippen LogP) is 2.30. The van der Waals surface area contributed by atoms with E-state index in [0.717, 1.165) is 16.7 Å². The van der Waals surface area contributed by atoms with E-state index in [4.69, 9.17) is 5.11 Å². The summed E-state index contributed by atoms with van der Waals surface area (Å²) in [5, 5.41) is 8.82. The first-order valence-electron chi connectivity index (χ1n) is 7.20. The van der Waals surface area contributed by atoms with Crippen LogP contribution >= 0.6 is 0 Å². The minimum absolute atomic E-state index is 0.321. The zero-order chi connectivity index (χ0) is 16.1. The van der Waals surface area contributed by atoms with Crippen LogP contribution in [0.4, 0.5) is 0 Å². The number of ketones is 1. The summed E-state index contributed by atoms with van der Waals surface area (Å²) in [4.78, 5) is 23.8. The fourth-order valence-corrected chi connectivity index (χ4v) is 2.27. The normalized spacial score (nSPS) is 10.5. The van der Waals surface area contributed by atoms with Crippen LogP contribution in [-0.4, -0.2) is 32.4 Å². The standard InChI is InChI=1S/C18H15N3O2/c22-12-17(23)16-10-20-18(21-11-16)9-13-2-1-3-15(8-13)14-4-6-19-7-5-14/h1-8,10-11,22H,9,12H2. The number of Topliss-reactive ketones (excluding diaryl/α,β-unsaturated/α-hetero) is 1. The highest BCUT2D eigenvalue weighted by atomic mass is 16.3. The van der Waals surface area contributed by atoms with Crippen molar-refractivity contribution in [1.82, 2.24) is 15.0 Å². The van der Waals surface area contributed by atoms with E-state index in [9.17, 15) is 4.79 Å². The highest BCUT2D eigenvalue weighted by molar-refractivity contribution is 5.96. The average Bonchev–Trinajstić information content (AvgIpc) is 2.63. The van der Waals surface area contributed by atoms with Crippen molar-refractivity contribution in [2.24, 2.45) is 0 Å². The monoisotopic (exact) mass is 305 g/mol. The van der Waals surface area contributed by atoms with Crippen LogP contribution < -0.4 is 0 Å². The molecule has 0 unspecified atom stereocenters. The number of carbonyl (C=O) groups excluding carboxylic acids is 1. The number of pyridine rings is 1. The summed E-state index contributed by atoms with van der Waals surface area (Å²) in [6, 6.07) is 12.1. The lowest BCUT2D eigenvalue weighted by Gasteiger charge is -2.05. The zero-order valence-corrected chi connectivity index (χ0v) is 12.4. The number of hydrogen-bond acceptors (Lipinski definition) is 5. The molecule has 3 rings (SSSR count). The van der Waals surface area contributed by atoms with Gasteiger partial charge in [0.05, 0.1) is 5.56 Å². The number of hydrogen-bond donors (Lipinski definition) is 1. The molecule has 0 radical (unpaired) electrons. The number of aromatic nitrogens is 3. The molecule has 0 saturated heterocycles. The number of aliphatic hydroxyl groups excluding tert-OH is 1. The molecule has 2 aromatic heterocycles. The lowest BCUT2D eigenvalue weighted by molar-refractivity contribution is 0.0903. The third-order valence-electron chi connectivity index (χ3n) is 3.47. The Morgan fingerprint density at radius 3 is 2.43 bits per heavy atom. The fraction of sp³-hybridized carbons (Fsp3) is 0.111. The van der Waals surface area contributed by atoms with Crippen molar-refractivity contribution in [3.8, 4) is 11.1 Å². The van der Waals surface area contributed by atoms with E-state index in [-0.39, 0.29) is 5.78 Å². The lowest BCUT2D eigenvalue weighted by Crippen LogP contribution is -2.07. The smallest absolute Gasteiger partial charge is 0.191 e. The molecule has 23 heavy (non-hydrogen) atoms. The quantitative estimate of drug-likeness (QED) is 0.732. The van der Waals surface area contributed by atoms with Gasteiger partial charge in [0.2, 0.25) is 0 Å². The van der Waals surface area contributed by atoms with E-state index < -0.39 is 6.61 Å². The molecule has 1 aromatic carbocycles. The van der Waals surface area contributed by atoms with Gasteiger partial charge in [0.1, 0.15) is 12.4 Å². The summed E-state index contributed by atoms with van der Waals surface area (Å²) < 4.78 is 0. The molecule has 2 heterocycles. The SMILES string of the molecule is O=C(CO)c1cnc(Cc2cccc(-c3ccncc3)c2)nc1. The number of carbonyl (C=O) groups is 1. The minimum atomic E-state index is -0.531. The van der Waals surface area contributed by atoms with Gasteiger partial charge in [-0.3, -0.25) is 9.78 Å². The first-order valence-corrected chi connectivity index (χ1v) is 7.20. The molecule has 3 aromatic rings. The van der Waals surface area contributed by atoms with Crippen LogP contribution in [0.5, 0.6) is 0 Å². The van der Waals surface area contributed by atoms with E-state index >= 15 is 0 Å². The van der Waals surface area contributed by atoms with Gasteiger partial charge in [-0.1, -0.05) is 24.3 Å². The van der Waals surface area contributed by atoms with E-state index in [0.29, 0.717) is 17.8 Å². The summed E-state index contributed by atoms with van der Waals surface area (Å²) in [6.45, 7) is -0.531. The summed E-state index contributed by atoms with van der Waals surface area (Å²) >= 11 is 0. The van der Waals surface area contributed by atoms with Gasteiger partial charge in [0.25, 0.3) is 0 Å². The lowest BCUT2D eigenvalue weighted by atomic mass is 10.0. The van der Waals surface area contributed by atoms with Crippen molar-refractivity contribution in [1.29, 1.82) is 0 Å². The van der Waals surface area contributed by atoms with Crippen LogP contribution in [0.3, 0.4) is 0 Å². The first kappa shape index (κ1) is 15.0. The Bertz CT molecular complexity index is 802. The van der Waals surface area contributed by atoms with Crippen molar-refractivity contribution in [3.05, 3.63) is 78.1 Å². The van der Waals surface area contributed by atoms with Crippen LogP contribution in [0.25, 0.3) is 11.1 Å². The molecule has 0 aliphatic carbocycles. The number of rotatable bonds is 5. The fourth-order valence-electron chi connectivity index (χ4n) is 2.27. The van der Waals surface area contributed by atoms with Gasteiger partial charge in [0.15, 0.2) is 5.78 Å². The van der Waals surface area contributed by atoms with Crippen LogP contribution in [0.1, 0.15) is 21.7 Å². The highest BCUT2D eigenvalue weighted by Gasteiger charge is 2.07. The maximum Gasteiger partial charge on any atom is 0.191 e. The molecule has 114 valence electrons. The van der Waals surface area contributed by atoms with Crippen LogP contribution in [-0.2, 0) is 6.42 Å². The van der Waals surface area contributed by atoms with E-state index in [1.54, 1.807) is 12.4 Å². The summed E-state index contributed by atoms with van der Waals surface area (Å²) in [6.07, 6.45) is 7.01. The Kier molecular flexibility index (Phi) is 4.49. The zero-order valence-electron chi connectivity index (χ0n) is 12.4. The van der Waals surface area contributed by atoms with E-state index in [1.807, 2.05) is 30.3 Å². The molecule has 0 spiro atoms.